The molecule has 1 aromatic rings. The maximum atomic E-state index is 5.37. The van der Waals surface area contributed by atoms with Gasteiger partial charge < -0.3 is 4.74 Å². The molecule has 1 aliphatic heterocycles. The van der Waals surface area contributed by atoms with Gasteiger partial charge in [-0.1, -0.05) is 25.1 Å². The van der Waals surface area contributed by atoms with E-state index >= 15 is 0 Å². The van der Waals surface area contributed by atoms with Crippen LogP contribution in [0.2, 0.25) is 0 Å². The Morgan fingerprint density at radius 1 is 1.22 bits per heavy atom. The molecule has 1 atom stereocenters. The number of hydrogen-bond acceptors (Lipinski definition) is 3. The molecule has 0 radical (unpaired) electrons. The second-order valence-electron chi connectivity index (χ2n) is 4.97. The van der Waals surface area contributed by atoms with Crippen molar-refractivity contribution in [3.63, 3.8) is 0 Å². The first-order valence-electron chi connectivity index (χ1n) is 6.82. The summed E-state index contributed by atoms with van der Waals surface area (Å²) in [6, 6.07) is 10.7. The molecule has 3 heteroatoms. The largest absolute Gasteiger partial charge is 0.379 e. The zero-order chi connectivity index (χ0) is 12.6. The highest BCUT2D eigenvalue weighted by Crippen LogP contribution is 2.21. The number of rotatable bonds is 6. The summed E-state index contributed by atoms with van der Waals surface area (Å²) >= 11 is 1.97. The molecule has 0 N–H and O–H groups in total. The number of hydrogen-bond donors (Lipinski definition) is 0. The van der Waals surface area contributed by atoms with E-state index in [1.54, 1.807) is 0 Å². The summed E-state index contributed by atoms with van der Waals surface area (Å²) in [5.41, 5.74) is 0. The van der Waals surface area contributed by atoms with Crippen molar-refractivity contribution in [1.29, 1.82) is 0 Å². The van der Waals surface area contributed by atoms with Crippen molar-refractivity contribution in [3.05, 3.63) is 30.3 Å². The summed E-state index contributed by atoms with van der Waals surface area (Å²) in [5, 5.41) is 0. The molecule has 0 aliphatic carbocycles. The van der Waals surface area contributed by atoms with E-state index in [4.69, 9.17) is 4.74 Å². The molecular formula is C15H23NOS. The van der Waals surface area contributed by atoms with E-state index in [0.29, 0.717) is 0 Å². The highest BCUT2D eigenvalue weighted by molar-refractivity contribution is 7.99. The first kappa shape index (κ1) is 13.9. The Kier molecular flexibility index (Phi) is 6.05. The molecule has 1 aromatic carbocycles. The lowest BCUT2D eigenvalue weighted by atomic mass is 10.1. The van der Waals surface area contributed by atoms with Crippen LogP contribution in [0.4, 0.5) is 0 Å². The van der Waals surface area contributed by atoms with Crippen LogP contribution in [0.1, 0.15) is 13.3 Å². The molecule has 1 heterocycles. The average Bonchev–Trinajstić information content (AvgIpc) is 2.45. The zero-order valence-electron chi connectivity index (χ0n) is 11.2. The molecule has 0 bridgehead atoms. The van der Waals surface area contributed by atoms with Crippen LogP contribution < -0.4 is 0 Å². The van der Waals surface area contributed by atoms with Crippen molar-refractivity contribution < 1.29 is 4.74 Å². The quantitative estimate of drug-likeness (QED) is 0.733. The molecule has 0 aromatic heterocycles. The zero-order valence-corrected chi connectivity index (χ0v) is 12.0. The number of morpholine rings is 1. The van der Waals surface area contributed by atoms with Crippen LogP contribution in [0.3, 0.4) is 0 Å². The maximum Gasteiger partial charge on any atom is 0.0594 e. The fraction of sp³-hybridized carbons (Fsp3) is 0.600. The Labute approximate surface area is 115 Å². The predicted octanol–water partition coefficient (Wildman–Crippen LogP) is 3.14. The van der Waals surface area contributed by atoms with E-state index < -0.39 is 0 Å². The van der Waals surface area contributed by atoms with E-state index in [0.717, 1.165) is 32.2 Å². The van der Waals surface area contributed by atoms with Crippen LogP contribution in [0.15, 0.2) is 35.2 Å². The van der Waals surface area contributed by atoms with Crippen LogP contribution >= 0.6 is 11.8 Å². The van der Waals surface area contributed by atoms with Gasteiger partial charge >= 0.3 is 0 Å². The highest BCUT2D eigenvalue weighted by atomic mass is 32.2. The molecule has 1 aliphatic rings. The molecule has 0 spiro atoms. The highest BCUT2D eigenvalue weighted by Gasteiger charge is 2.11. The Bertz CT molecular complexity index is 325. The number of nitrogens with zero attached hydrogens (tertiary/aromatic N) is 1. The van der Waals surface area contributed by atoms with Gasteiger partial charge in [0.05, 0.1) is 13.2 Å². The topological polar surface area (TPSA) is 12.5 Å². The van der Waals surface area contributed by atoms with Crippen molar-refractivity contribution in [2.24, 2.45) is 5.92 Å². The molecular weight excluding hydrogens is 242 g/mol. The Hall–Kier alpha value is -0.510. The Morgan fingerprint density at radius 3 is 2.67 bits per heavy atom. The number of thioether (sulfide) groups is 1. The summed E-state index contributed by atoms with van der Waals surface area (Å²) in [4.78, 5) is 3.91. The molecule has 18 heavy (non-hydrogen) atoms. The van der Waals surface area contributed by atoms with Gasteiger partial charge in [-0.3, -0.25) is 4.90 Å². The second kappa shape index (κ2) is 7.82. The van der Waals surface area contributed by atoms with Gasteiger partial charge in [-0.2, -0.15) is 0 Å². The maximum absolute atomic E-state index is 5.37. The predicted molar refractivity (Wildman–Crippen MR) is 78.2 cm³/mol. The normalized spacial score (nSPS) is 18.7. The molecule has 100 valence electrons. The minimum Gasteiger partial charge on any atom is -0.379 e. The van der Waals surface area contributed by atoms with Gasteiger partial charge in [-0.15, -0.1) is 11.8 Å². The first-order chi connectivity index (χ1) is 8.84. The first-order valence-corrected chi connectivity index (χ1v) is 7.81. The van der Waals surface area contributed by atoms with Gasteiger partial charge in [0.2, 0.25) is 0 Å². The monoisotopic (exact) mass is 265 g/mol. The number of benzene rings is 1. The van der Waals surface area contributed by atoms with E-state index in [-0.39, 0.29) is 0 Å². The smallest absolute Gasteiger partial charge is 0.0594 e. The van der Waals surface area contributed by atoms with Gasteiger partial charge in [-0.05, 0) is 31.0 Å². The SMILES string of the molecule is C[C@H](CCN1CCOCC1)CSc1ccccc1. The minimum absolute atomic E-state index is 0.776. The van der Waals surface area contributed by atoms with Gasteiger partial charge in [0.25, 0.3) is 0 Å². The summed E-state index contributed by atoms with van der Waals surface area (Å²) in [6.45, 7) is 7.62. The molecule has 1 fully saturated rings. The molecule has 0 unspecified atom stereocenters. The Morgan fingerprint density at radius 2 is 1.94 bits per heavy atom. The third-order valence-corrected chi connectivity index (χ3v) is 4.66. The molecule has 0 amide bonds. The van der Waals surface area contributed by atoms with Crippen LogP contribution in [-0.4, -0.2) is 43.5 Å². The van der Waals surface area contributed by atoms with Crippen LogP contribution in [0.25, 0.3) is 0 Å². The standard InChI is InChI=1S/C15H23NOS/c1-14(7-8-16-9-11-17-12-10-16)13-18-15-5-3-2-4-6-15/h2-6,14H,7-13H2,1H3/t14-/m1/s1. The third-order valence-electron chi connectivity index (χ3n) is 3.32. The van der Waals surface area contributed by atoms with E-state index in [1.165, 1.54) is 23.6 Å². The van der Waals surface area contributed by atoms with E-state index in [9.17, 15) is 0 Å². The molecule has 2 nitrogen and oxygen atoms in total. The van der Waals surface area contributed by atoms with Crippen molar-refractivity contribution >= 4 is 11.8 Å². The fourth-order valence-electron chi connectivity index (χ4n) is 2.07. The molecule has 2 rings (SSSR count). The van der Waals surface area contributed by atoms with Crippen LogP contribution in [0, 0.1) is 5.92 Å². The van der Waals surface area contributed by atoms with Gasteiger partial charge in [0.15, 0.2) is 0 Å². The summed E-state index contributed by atoms with van der Waals surface area (Å²) < 4.78 is 5.37. The van der Waals surface area contributed by atoms with Crippen LogP contribution in [0.5, 0.6) is 0 Å². The van der Waals surface area contributed by atoms with Crippen molar-refractivity contribution in [2.75, 3.05) is 38.6 Å². The van der Waals surface area contributed by atoms with Gasteiger partial charge in [0.1, 0.15) is 0 Å². The minimum atomic E-state index is 0.776. The van der Waals surface area contributed by atoms with Crippen molar-refractivity contribution in [2.45, 2.75) is 18.2 Å². The lowest BCUT2D eigenvalue weighted by molar-refractivity contribution is 0.0360. The van der Waals surface area contributed by atoms with E-state index in [2.05, 4.69) is 42.2 Å². The average molecular weight is 265 g/mol. The lowest BCUT2D eigenvalue weighted by Crippen LogP contribution is -2.37. The van der Waals surface area contributed by atoms with Crippen LogP contribution in [-0.2, 0) is 4.74 Å². The number of ether oxygens (including phenoxy) is 1. The summed E-state index contributed by atoms with van der Waals surface area (Å²) in [7, 11) is 0. The molecule has 1 saturated heterocycles. The van der Waals surface area contributed by atoms with Crippen molar-refractivity contribution in [3.8, 4) is 0 Å². The fourth-order valence-corrected chi connectivity index (χ4v) is 3.06. The second-order valence-corrected chi connectivity index (χ2v) is 6.07. The Balaban J connectivity index is 1.61. The van der Waals surface area contributed by atoms with Gasteiger partial charge in [0, 0.05) is 23.7 Å². The summed E-state index contributed by atoms with van der Waals surface area (Å²) in [5.74, 6) is 1.99. The molecule has 0 saturated carbocycles. The third kappa shape index (κ3) is 5.01. The lowest BCUT2D eigenvalue weighted by Gasteiger charge is -2.27. The van der Waals surface area contributed by atoms with Crippen molar-refractivity contribution in [1.82, 2.24) is 4.90 Å². The van der Waals surface area contributed by atoms with Gasteiger partial charge in [-0.25, -0.2) is 0 Å². The van der Waals surface area contributed by atoms with E-state index in [1.807, 2.05) is 11.8 Å². The summed E-state index contributed by atoms with van der Waals surface area (Å²) in [6.07, 6.45) is 1.29.